The third-order valence-electron chi connectivity index (χ3n) is 7.33. The lowest BCUT2D eigenvalue weighted by atomic mass is 9.75. The summed E-state index contributed by atoms with van der Waals surface area (Å²) in [6.07, 6.45) is 0.793. The monoisotopic (exact) mass is 567 g/mol. The Morgan fingerprint density at radius 2 is 1.73 bits per heavy atom. The van der Waals surface area contributed by atoms with Gasteiger partial charge in [-0.1, -0.05) is 23.7 Å². The van der Waals surface area contributed by atoms with E-state index >= 15 is 0 Å². The van der Waals surface area contributed by atoms with Crippen LogP contribution < -0.4 is 15.5 Å². The number of amides is 2. The van der Waals surface area contributed by atoms with Crippen molar-refractivity contribution < 1.29 is 24.6 Å². The second-order valence-electron chi connectivity index (χ2n) is 10.0. The zero-order valence-electron chi connectivity index (χ0n) is 22.6. The molecule has 0 aromatic heterocycles. The number of carboxylic acid groups (broad SMARTS) is 2. The van der Waals surface area contributed by atoms with Crippen molar-refractivity contribution in [2.24, 2.45) is 10.9 Å². The average Bonchev–Trinajstić information content (AvgIpc) is 2.91. The molecule has 0 spiro atoms. The molecule has 0 radical (unpaired) electrons. The van der Waals surface area contributed by atoms with Crippen LogP contribution >= 0.6 is 11.6 Å². The van der Waals surface area contributed by atoms with E-state index in [0.717, 1.165) is 44.2 Å². The van der Waals surface area contributed by atoms with E-state index < -0.39 is 23.8 Å². The van der Waals surface area contributed by atoms with E-state index in [1.54, 1.807) is 38.1 Å². The lowest BCUT2D eigenvalue weighted by Gasteiger charge is -2.36. The highest BCUT2D eigenvalue weighted by Crippen LogP contribution is 2.39. The Bertz CT molecular complexity index is 1320. The van der Waals surface area contributed by atoms with Crippen LogP contribution in [-0.2, 0) is 9.59 Å². The molecule has 212 valence electrons. The van der Waals surface area contributed by atoms with E-state index in [1.165, 1.54) is 5.69 Å². The van der Waals surface area contributed by atoms with Gasteiger partial charge in [0.25, 0.3) is 0 Å². The molecule has 1 fully saturated rings. The van der Waals surface area contributed by atoms with Crippen LogP contribution in [0.1, 0.15) is 31.7 Å². The molecule has 2 amide bonds. The molecule has 4 rings (SSSR count). The van der Waals surface area contributed by atoms with Crippen molar-refractivity contribution in [2.45, 2.75) is 26.2 Å². The van der Waals surface area contributed by atoms with Gasteiger partial charge in [0.2, 0.25) is 0 Å². The Kier molecular flexibility index (Phi) is 9.44. The van der Waals surface area contributed by atoms with Crippen LogP contribution in [0, 0.1) is 5.92 Å². The lowest BCUT2D eigenvalue weighted by molar-refractivity contribution is -0.140. The first kappa shape index (κ1) is 29.1. The first-order valence-electron chi connectivity index (χ1n) is 13.2. The Morgan fingerprint density at radius 1 is 1.02 bits per heavy atom. The molecule has 2 heterocycles. The van der Waals surface area contributed by atoms with Gasteiger partial charge in [-0.05, 0) is 68.8 Å². The number of carbonyl (C=O) groups excluding carboxylic acids is 1. The molecule has 0 saturated carbocycles. The van der Waals surface area contributed by atoms with Gasteiger partial charge in [-0.15, -0.1) is 0 Å². The molecule has 11 heteroatoms. The van der Waals surface area contributed by atoms with E-state index in [-0.39, 0.29) is 17.3 Å². The number of halogens is 1. The molecule has 2 unspecified atom stereocenters. The number of hydrogen-bond acceptors (Lipinski definition) is 6. The first-order chi connectivity index (χ1) is 19.1. The van der Waals surface area contributed by atoms with Crippen LogP contribution in [-0.4, -0.2) is 78.1 Å². The number of aliphatic carboxylic acids is 2. The lowest BCUT2D eigenvalue weighted by Crippen LogP contribution is -2.47. The molecule has 10 nitrogen and oxygen atoms in total. The predicted molar refractivity (Wildman–Crippen MR) is 155 cm³/mol. The van der Waals surface area contributed by atoms with Crippen molar-refractivity contribution >= 4 is 46.7 Å². The van der Waals surface area contributed by atoms with E-state index in [4.69, 9.17) is 11.6 Å². The maximum Gasteiger partial charge on any atom is 0.334 e. The summed E-state index contributed by atoms with van der Waals surface area (Å²) in [5.74, 6) is -4.42. The average molecular weight is 568 g/mol. The van der Waals surface area contributed by atoms with Crippen LogP contribution in [0.15, 0.2) is 64.8 Å². The van der Waals surface area contributed by atoms with Crippen molar-refractivity contribution in [3.8, 4) is 0 Å². The molecule has 2 atom stereocenters. The van der Waals surface area contributed by atoms with Gasteiger partial charge in [-0.2, -0.15) is 0 Å². The van der Waals surface area contributed by atoms with Crippen LogP contribution in [0.5, 0.6) is 0 Å². The Morgan fingerprint density at radius 3 is 2.38 bits per heavy atom. The summed E-state index contributed by atoms with van der Waals surface area (Å²) < 4.78 is 0. The number of aliphatic imine (C=N–C) groups is 1. The van der Waals surface area contributed by atoms with E-state index in [0.29, 0.717) is 23.5 Å². The Hall–Kier alpha value is -3.89. The third-order valence-corrected chi connectivity index (χ3v) is 7.58. The van der Waals surface area contributed by atoms with Gasteiger partial charge in [-0.3, -0.25) is 14.7 Å². The van der Waals surface area contributed by atoms with Gasteiger partial charge in [0.1, 0.15) is 5.92 Å². The maximum atomic E-state index is 12.6. The Labute approximate surface area is 238 Å². The molecule has 0 bridgehead atoms. The quantitative estimate of drug-likeness (QED) is 0.332. The number of nitrogens with zero attached hydrogens (tertiary/aromatic N) is 3. The van der Waals surface area contributed by atoms with Crippen LogP contribution in [0.3, 0.4) is 0 Å². The van der Waals surface area contributed by atoms with Crippen molar-refractivity contribution in [3.63, 3.8) is 0 Å². The zero-order chi connectivity index (χ0) is 28.8. The SMILES string of the molecule is CC1=NC(C)=C(C(=O)O)C(c2cccc(NC(=O)NCCCN3CCN(c4ccc(Cl)cc4)CC3)c2)C1C(=O)O. The number of piperazine rings is 1. The molecule has 2 aromatic rings. The van der Waals surface area contributed by atoms with Gasteiger partial charge in [0.15, 0.2) is 0 Å². The minimum Gasteiger partial charge on any atom is -0.481 e. The first-order valence-corrected chi connectivity index (χ1v) is 13.6. The smallest absolute Gasteiger partial charge is 0.334 e. The molecule has 1 saturated heterocycles. The fourth-order valence-corrected chi connectivity index (χ4v) is 5.49. The van der Waals surface area contributed by atoms with Gasteiger partial charge in [0, 0.05) is 66.4 Å². The number of carboxylic acids is 2. The van der Waals surface area contributed by atoms with Gasteiger partial charge < -0.3 is 25.7 Å². The highest BCUT2D eigenvalue weighted by Gasteiger charge is 2.41. The van der Waals surface area contributed by atoms with Crippen LogP contribution in [0.2, 0.25) is 5.02 Å². The minimum absolute atomic E-state index is 0.0615. The molecule has 40 heavy (non-hydrogen) atoms. The number of benzene rings is 2. The second kappa shape index (κ2) is 13.0. The highest BCUT2D eigenvalue weighted by atomic mass is 35.5. The highest BCUT2D eigenvalue weighted by molar-refractivity contribution is 6.30. The number of hydrogen-bond donors (Lipinski definition) is 4. The topological polar surface area (TPSA) is 135 Å². The summed E-state index contributed by atoms with van der Waals surface area (Å²) in [4.78, 5) is 45.5. The number of urea groups is 1. The summed E-state index contributed by atoms with van der Waals surface area (Å²) in [7, 11) is 0. The number of nitrogens with one attached hydrogen (secondary N) is 2. The predicted octanol–water partition coefficient (Wildman–Crippen LogP) is 4.29. The fraction of sp³-hybridized carbons (Fsp3) is 0.379. The van der Waals surface area contributed by atoms with Crippen LogP contribution in [0.25, 0.3) is 0 Å². The van der Waals surface area contributed by atoms with Crippen molar-refractivity contribution in [2.75, 3.05) is 49.5 Å². The van der Waals surface area contributed by atoms with Crippen molar-refractivity contribution in [3.05, 3.63) is 70.4 Å². The summed E-state index contributed by atoms with van der Waals surface area (Å²) in [6, 6.07) is 14.1. The van der Waals surface area contributed by atoms with Crippen molar-refractivity contribution in [1.29, 1.82) is 0 Å². The molecule has 2 aromatic carbocycles. The minimum atomic E-state index is -1.22. The Balaban J connectivity index is 1.28. The van der Waals surface area contributed by atoms with E-state index in [9.17, 15) is 24.6 Å². The largest absolute Gasteiger partial charge is 0.481 e. The maximum absolute atomic E-state index is 12.6. The molecule has 4 N–H and O–H groups in total. The summed E-state index contributed by atoms with van der Waals surface area (Å²) in [5.41, 5.74) is 2.64. The normalized spacial score (nSPS) is 19.7. The summed E-state index contributed by atoms with van der Waals surface area (Å²) in [6.45, 7) is 8.25. The van der Waals surface area contributed by atoms with E-state index in [1.807, 2.05) is 24.3 Å². The standard InChI is InChI=1S/C29H34ClN5O5/c1-18-24(27(36)37)26(25(28(38)39)19(2)32-18)20-5-3-6-22(17-20)33-29(40)31-11-4-12-34-13-15-35(16-14-34)23-9-7-21(30)8-10-23/h3,5-10,17,24,26H,4,11-16H2,1-2H3,(H,36,37)(H,38,39)(H2,31,33,40). The number of rotatable bonds is 9. The van der Waals surface area contributed by atoms with Gasteiger partial charge in [-0.25, -0.2) is 9.59 Å². The molecule has 2 aliphatic rings. The second-order valence-corrected chi connectivity index (χ2v) is 10.5. The summed E-state index contributed by atoms with van der Waals surface area (Å²) >= 11 is 5.99. The van der Waals surface area contributed by atoms with E-state index in [2.05, 4.69) is 25.4 Å². The number of carbonyl (C=O) groups is 3. The van der Waals surface area contributed by atoms with Crippen LogP contribution in [0.4, 0.5) is 16.2 Å². The molecule has 2 aliphatic heterocycles. The summed E-state index contributed by atoms with van der Waals surface area (Å²) in [5, 5.41) is 26.0. The number of anilines is 2. The third kappa shape index (κ3) is 7.00. The number of allylic oxidation sites excluding steroid dienone is 1. The van der Waals surface area contributed by atoms with Crippen molar-refractivity contribution in [1.82, 2.24) is 10.2 Å². The van der Waals surface area contributed by atoms with Gasteiger partial charge >= 0.3 is 18.0 Å². The molecule has 0 aliphatic carbocycles. The zero-order valence-corrected chi connectivity index (χ0v) is 23.3. The fourth-order valence-electron chi connectivity index (χ4n) is 5.37. The van der Waals surface area contributed by atoms with Gasteiger partial charge in [0.05, 0.1) is 5.57 Å². The molecular weight excluding hydrogens is 534 g/mol. The molecular formula is C29H34ClN5O5.